The quantitative estimate of drug-likeness (QED) is 0.317. The van der Waals surface area contributed by atoms with Gasteiger partial charge in [0.25, 0.3) is 16.2 Å². The van der Waals surface area contributed by atoms with E-state index in [2.05, 4.69) is 18.6 Å². The van der Waals surface area contributed by atoms with Crippen molar-refractivity contribution in [1.29, 1.82) is 0 Å². The van der Waals surface area contributed by atoms with Crippen LogP contribution in [0.3, 0.4) is 0 Å². The van der Waals surface area contributed by atoms with Crippen molar-refractivity contribution >= 4 is 27.4 Å². The number of sulfonamides is 1. The minimum absolute atomic E-state index is 0.193. The zero-order valence-corrected chi connectivity index (χ0v) is 19.6. The van der Waals surface area contributed by atoms with Gasteiger partial charge in [-0.05, 0) is 42.2 Å². The number of benzene rings is 1. The molecule has 1 aliphatic heterocycles. The first kappa shape index (κ1) is 22.2. The van der Waals surface area contributed by atoms with Crippen molar-refractivity contribution in [3.05, 3.63) is 72.3 Å². The lowest BCUT2D eigenvalue weighted by Gasteiger charge is -2.22. The van der Waals surface area contributed by atoms with Gasteiger partial charge in [-0.3, -0.25) is 9.93 Å². The molecule has 4 rings (SSSR count). The standard InChI is InChI=1S/C23H25ClN3O4S/c1-15(2)16-4-6-20(7-5-16)32(29,30)25-23-9-8-21(24)22-11-18(13-27(22)23)17-10-19(31-3)14-26(28)12-17/h4-7,9-15,21,25,28H,8H2,1-3H3/q+1. The number of pyridine rings is 1. The van der Waals surface area contributed by atoms with Gasteiger partial charge in [0.1, 0.15) is 5.82 Å². The number of rotatable bonds is 6. The van der Waals surface area contributed by atoms with E-state index in [-0.39, 0.29) is 10.3 Å². The molecule has 0 bridgehead atoms. The minimum atomic E-state index is -3.78. The van der Waals surface area contributed by atoms with Crippen LogP contribution in [0.25, 0.3) is 16.9 Å². The van der Waals surface area contributed by atoms with Crippen molar-refractivity contribution in [2.24, 2.45) is 0 Å². The molecule has 168 valence electrons. The Kier molecular flexibility index (Phi) is 5.92. The van der Waals surface area contributed by atoms with E-state index in [1.54, 1.807) is 35.0 Å². The fraction of sp³-hybridized carbons (Fsp3) is 0.261. The third kappa shape index (κ3) is 4.33. The number of aromatic nitrogens is 2. The highest BCUT2D eigenvalue weighted by atomic mass is 35.5. The second-order valence-electron chi connectivity index (χ2n) is 7.99. The Hall–Kier alpha value is -2.97. The molecule has 0 aliphatic carbocycles. The molecular weight excluding hydrogens is 450 g/mol. The van der Waals surface area contributed by atoms with Crippen LogP contribution in [0, 0.1) is 0 Å². The molecule has 1 unspecified atom stereocenters. The number of methoxy groups -OCH3 is 1. The van der Waals surface area contributed by atoms with E-state index in [9.17, 15) is 13.6 Å². The summed E-state index contributed by atoms with van der Waals surface area (Å²) in [7, 11) is -2.27. The van der Waals surface area contributed by atoms with Gasteiger partial charge in [0.2, 0.25) is 6.20 Å². The van der Waals surface area contributed by atoms with Crippen LogP contribution in [0.4, 0.5) is 0 Å². The maximum atomic E-state index is 13.0. The number of nitrogens with one attached hydrogen (secondary N) is 1. The zero-order chi connectivity index (χ0) is 23.0. The number of halogens is 1. The fourth-order valence-corrected chi connectivity index (χ4v) is 4.97. The van der Waals surface area contributed by atoms with Crippen molar-refractivity contribution in [2.45, 2.75) is 36.5 Å². The SMILES string of the molecule is COc1cc(-c2cc3n(c2)C(NS(=O)(=O)c2ccc(C(C)C)cc2)=CCC3Cl)c[n+](O)c1. The lowest BCUT2D eigenvalue weighted by Crippen LogP contribution is -2.28. The van der Waals surface area contributed by atoms with Gasteiger partial charge in [0.05, 0.1) is 22.9 Å². The van der Waals surface area contributed by atoms with E-state index in [1.807, 2.05) is 18.2 Å². The third-order valence-corrected chi connectivity index (χ3v) is 7.21. The van der Waals surface area contributed by atoms with Crippen LogP contribution >= 0.6 is 11.6 Å². The molecule has 0 fully saturated rings. The molecular formula is C23H25ClN3O4S+. The predicted molar refractivity (Wildman–Crippen MR) is 122 cm³/mol. The molecule has 2 aromatic heterocycles. The highest BCUT2D eigenvalue weighted by molar-refractivity contribution is 7.89. The van der Waals surface area contributed by atoms with E-state index >= 15 is 0 Å². The van der Waals surface area contributed by atoms with Crippen LogP contribution in [0.5, 0.6) is 5.75 Å². The molecule has 0 radical (unpaired) electrons. The first-order chi connectivity index (χ1) is 15.2. The highest BCUT2D eigenvalue weighted by Crippen LogP contribution is 2.36. The summed E-state index contributed by atoms with van der Waals surface area (Å²) < 4.78 is 36.6. The molecule has 2 N–H and O–H groups in total. The van der Waals surface area contributed by atoms with Gasteiger partial charge >= 0.3 is 0 Å². The second-order valence-corrected chi connectivity index (χ2v) is 10.2. The topological polar surface area (TPSA) is 84.4 Å². The fourth-order valence-electron chi connectivity index (χ4n) is 3.65. The number of fused-ring (bicyclic) bond motifs is 1. The Bertz CT molecular complexity index is 1280. The third-order valence-electron chi connectivity index (χ3n) is 5.44. The molecule has 3 heterocycles. The Balaban J connectivity index is 1.67. The van der Waals surface area contributed by atoms with Gasteiger partial charge in [-0.2, -0.15) is 0 Å². The minimum Gasteiger partial charge on any atom is -0.491 e. The number of alkyl halides is 1. The molecule has 0 spiro atoms. The smallest absolute Gasteiger partial charge is 0.263 e. The molecule has 9 heteroatoms. The van der Waals surface area contributed by atoms with E-state index in [0.717, 1.165) is 21.6 Å². The largest absolute Gasteiger partial charge is 0.491 e. The zero-order valence-electron chi connectivity index (χ0n) is 18.0. The second kappa shape index (κ2) is 8.52. The van der Waals surface area contributed by atoms with E-state index in [0.29, 0.717) is 29.5 Å². The number of ether oxygens (including phenoxy) is 1. The molecule has 3 aromatic rings. The van der Waals surface area contributed by atoms with Crippen molar-refractivity contribution in [2.75, 3.05) is 7.11 Å². The van der Waals surface area contributed by atoms with Crippen molar-refractivity contribution in [3.8, 4) is 16.9 Å². The summed E-state index contributed by atoms with van der Waals surface area (Å²) in [6, 6.07) is 10.5. The summed E-state index contributed by atoms with van der Waals surface area (Å²) in [4.78, 5) is 0.193. The maximum Gasteiger partial charge on any atom is 0.263 e. The Morgan fingerprint density at radius 2 is 1.91 bits per heavy atom. The number of nitrogens with zero attached hydrogens (tertiary/aromatic N) is 2. The predicted octanol–water partition coefficient (Wildman–Crippen LogP) is 4.27. The summed E-state index contributed by atoms with van der Waals surface area (Å²) >= 11 is 6.52. The lowest BCUT2D eigenvalue weighted by molar-refractivity contribution is -0.904. The van der Waals surface area contributed by atoms with E-state index < -0.39 is 10.0 Å². The van der Waals surface area contributed by atoms with Gasteiger partial charge in [0.15, 0.2) is 5.75 Å². The monoisotopic (exact) mass is 474 g/mol. The van der Waals surface area contributed by atoms with E-state index in [4.69, 9.17) is 16.3 Å². The first-order valence-electron chi connectivity index (χ1n) is 10.2. The molecule has 0 saturated heterocycles. The van der Waals surface area contributed by atoms with Crippen LogP contribution in [0.2, 0.25) is 0 Å². The van der Waals surface area contributed by atoms with Crippen LogP contribution in [-0.2, 0) is 10.0 Å². The van der Waals surface area contributed by atoms with Crippen LogP contribution in [0.15, 0.2) is 66.0 Å². The Labute approximate surface area is 192 Å². The summed E-state index contributed by atoms with van der Waals surface area (Å²) in [5.74, 6) is 1.21. The van der Waals surface area contributed by atoms with Crippen molar-refractivity contribution in [1.82, 2.24) is 9.29 Å². The molecule has 32 heavy (non-hydrogen) atoms. The summed E-state index contributed by atoms with van der Waals surface area (Å²) in [6.45, 7) is 4.12. The van der Waals surface area contributed by atoms with Crippen molar-refractivity contribution < 1.29 is 23.1 Å². The summed E-state index contributed by atoms with van der Waals surface area (Å²) in [5, 5.41) is 9.62. The van der Waals surface area contributed by atoms with Gasteiger partial charge < -0.3 is 9.30 Å². The van der Waals surface area contributed by atoms with Gasteiger partial charge in [-0.1, -0.05) is 26.0 Å². The van der Waals surface area contributed by atoms with Gasteiger partial charge in [-0.15, -0.1) is 11.6 Å². The Morgan fingerprint density at radius 1 is 1.19 bits per heavy atom. The maximum absolute atomic E-state index is 13.0. The molecule has 0 saturated carbocycles. The van der Waals surface area contributed by atoms with Gasteiger partial charge in [-0.25, -0.2) is 8.42 Å². The average molecular weight is 475 g/mol. The van der Waals surface area contributed by atoms with Crippen LogP contribution in [-0.4, -0.2) is 25.3 Å². The molecule has 1 aliphatic rings. The van der Waals surface area contributed by atoms with Crippen molar-refractivity contribution in [3.63, 3.8) is 0 Å². The number of hydrogen-bond acceptors (Lipinski definition) is 4. The molecule has 1 aromatic carbocycles. The lowest BCUT2D eigenvalue weighted by atomic mass is 10.0. The number of allylic oxidation sites excluding steroid dienone is 1. The normalized spacial score (nSPS) is 15.9. The first-order valence-corrected chi connectivity index (χ1v) is 12.1. The van der Waals surface area contributed by atoms with Crippen LogP contribution in [0.1, 0.15) is 42.8 Å². The molecule has 0 amide bonds. The van der Waals surface area contributed by atoms with E-state index in [1.165, 1.54) is 19.5 Å². The van der Waals surface area contributed by atoms with Crippen LogP contribution < -0.4 is 14.2 Å². The molecule has 1 atom stereocenters. The van der Waals surface area contributed by atoms with Gasteiger partial charge in [0, 0.05) is 28.3 Å². The summed E-state index contributed by atoms with van der Waals surface area (Å²) in [6.07, 6.45) is 7.01. The Morgan fingerprint density at radius 3 is 2.56 bits per heavy atom. The highest BCUT2D eigenvalue weighted by Gasteiger charge is 2.25. The summed E-state index contributed by atoms with van der Waals surface area (Å²) in [5.41, 5.74) is 3.29. The number of hydrogen-bond donors (Lipinski definition) is 2. The average Bonchev–Trinajstić information content (AvgIpc) is 3.22. The molecule has 7 nitrogen and oxygen atoms in total.